The van der Waals surface area contributed by atoms with Crippen molar-refractivity contribution in [1.82, 2.24) is 0 Å². The number of benzene rings is 1. The number of hydrogen-bond donors (Lipinski definition) is 1. The second-order valence-electron chi connectivity index (χ2n) is 4.07. The van der Waals surface area contributed by atoms with Gasteiger partial charge in [-0.1, -0.05) is 50.4 Å². The van der Waals surface area contributed by atoms with E-state index in [0.717, 1.165) is 24.3 Å². The molecule has 0 amide bonds. The van der Waals surface area contributed by atoms with E-state index >= 15 is 0 Å². The molecule has 0 aromatic heterocycles. The van der Waals surface area contributed by atoms with E-state index in [4.69, 9.17) is 17.3 Å². The topological polar surface area (TPSA) is 26.0 Å². The average Bonchev–Trinajstić information content (AvgIpc) is 2.19. The van der Waals surface area contributed by atoms with E-state index in [1.54, 1.807) is 0 Å². The summed E-state index contributed by atoms with van der Waals surface area (Å²) >= 11 is 5.93. The minimum Gasteiger partial charge on any atom is -0.327 e. The first-order valence-electron chi connectivity index (χ1n) is 5.67. The Kier molecular flexibility index (Phi) is 5.13. The molecule has 84 valence electrons. The number of hydrogen-bond acceptors (Lipinski definition) is 1. The van der Waals surface area contributed by atoms with E-state index in [0.29, 0.717) is 5.92 Å². The van der Waals surface area contributed by atoms with E-state index < -0.39 is 0 Å². The molecule has 0 heterocycles. The molecule has 0 aliphatic heterocycles. The van der Waals surface area contributed by atoms with Crippen LogP contribution in [0.4, 0.5) is 0 Å². The van der Waals surface area contributed by atoms with Crippen molar-refractivity contribution in [3.63, 3.8) is 0 Å². The third-order valence-corrected chi connectivity index (χ3v) is 3.25. The van der Waals surface area contributed by atoms with Gasteiger partial charge in [-0.3, -0.25) is 0 Å². The van der Waals surface area contributed by atoms with Crippen LogP contribution in [0.1, 0.15) is 32.3 Å². The Morgan fingerprint density at radius 2 is 1.93 bits per heavy atom. The second-order valence-corrected chi connectivity index (χ2v) is 4.51. The Hall–Kier alpha value is -0.530. The highest BCUT2D eigenvalue weighted by Gasteiger charge is 2.14. The van der Waals surface area contributed by atoms with Gasteiger partial charge in [0.05, 0.1) is 0 Å². The lowest BCUT2D eigenvalue weighted by atomic mass is 9.90. The molecule has 1 unspecified atom stereocenters. The zero-order valence-electron chi connectivity index (χ0n) is 9.54. The SMILES string of the molecule is CCC(CC)C(N)Cc1cccc(Cl)c1. The Morgan fingerprint density at radius 3 is 2.47 bits per heavy atom. The van der Waals surface area contributed by atoms with Crippen LogP contribution in [0.25, 0.3) is 0 Å². The van der Waals surface area contributed by atoms with Gasteiger partial charge in [0.1, 0.15) is 0 Å². The van der Waals surface area contributed by atoms with Crippen LogP contribution in [0.2, 0.25) is 5.02 Å². The summed E-state index contributed by atoms with van der Waals surface area (Å²) in [6, 6.07) is 8.22. The summed E-state index contributed by atoms with van der Waals surface area (Å²) in [5.74, 6) is 0.615. The standard InChI is InChI=1S/C13H20ClN/c1-3-11(4-2)13(15)9-10-6-5-7-12(14)8-10/h5-8,11,13H,3-4,9,15H2,1-2H3. The van der Waals surface area contributed by atoms with E-state index in [-0.39, 0.29) is 6.04 Å². The van der Waals surface area contributed by atoms with Crippen molar-refractivity contribution in [2.24, 2.45) is 11.7 Å². The Balaban J connectivity index is 2.61. The van der Waals surface area contributed by atoms with E-state index in [1.165, 1.54) is 5.56 Å². The summed E-state index contributed by atoms with van der Waals surface area (Å²) in [5, 5.41) is 0.796. The van der Waals surface area contributed by atoms with Gasteiger partial charge in [-0.25, -0.2) is 0 Å². The molecule has 0 spiro atoms. The van der Waals surface area contributed by atoms with Crippen LogP contribution < -0.4 is 5.73 Å². The molecular weight excluding hydrogens is 206 g/mol. The third-order valence-electron chi connectivity index (χ3n) is 3.01. The van der Waals surface area contributed by atoms with Gasteiger partial charge < -0.3 is 5.73 Å². The minimum absolute atomic E-state index is 0.249. The van der Waals surface area contributed by atoms with Crippen LogP contribution in [-0.4, -0.2) is 6.04 Å². The molecule has 0 fully saturated rings. The highest BCUT2D eigenvalue weighted by molar-refractivity contribution is 6.30. The average molecular weight is 226 g/mol. The van der Waals surface area contributed by atoms with Crippen molar-refractivity contribution in [2.45, 2.75) is 39.2 Å². The van der Waals surface area contributed by atoms with Crippen molar-refractivity contribution < 1.29 is 0 Å². The summed E-state index contributed by atoms with van der Waals surface area (Å²) in [7, 11) is 0. The maximum Gasteiger partial charge on any atom is 0.0408 e. The Bertz CT molecular complexity index is 294. The smallest absolute Gasteiger partial charge is 0.0408 e. The van der Waals surface area contributed by atoms with Crippen LogP contribution in [0, 0.1) is 5.92 Å². The summed E-state index contributed by atoms with van der Waals surface area (Å²) < 4.78 is 0. The summed E-state index contributed by atoms with van der Waals surface area (Å²) in [4.78, 5) is 0. The van der Waals surface area contributed by atoms with Crippen LogP contribution in [0.15, 0.2) is 24.3 Å². The lowest BCUT2D eigenvalue weighted by Gasteiger charge is -2.21. The molecule has 2 heteroatoms. The van der Waals surface area contributed by atoms with Gasteiger partial charge in [-0.05, 0) is 30.0 Å². The van der Waals surface area contributed by atoms with Gasteiger partial charge in [0.2, 0.25) is 0 Å². The molecule has 1 nitrogen and oxygen atoms in total. The fourth-order valence-electron chi connectivity index (χ4n) is 2.00. The van der Waals surface area contributed by atoms with E-state index in [1.807, 2.05) is 18.2 Å². The van der Waals surface area contributed by atoms with Gasteiger partial charge in [0.25, 0.3) is 0 Å². The van der Waals surface area contributed by atoms with Gasteiger partial charge >= 0.3 is 0 Å². The van der Waals surface area contributed by atoms with E-state index in [9.17, 15) is 0 Å². The first-order valence-corrected chi connectivity index (χ1v) is 6.05. The van der Waals surface area contributed by atoms with Gasteiger partial charge in [0, 0.05) is 11.1 Å². The molecule has 0 aliphatic rings. The molecule has 0 bridgehead atoms. The van der Waals surface area contributed by atoms with Crippen molar-refractivity contribution >= 4 is 11.6 Å². The van der Waals surface area contributed by atoms with Crippen molar-refractivity contribution in [3.05, 3.63) is 34.9 Å². The molecule has 1 rings (SSSR count). The van der Waals surface area contributed by atoms with Crippen molar-refractivity contribution in [2.75, 3.05) is 0 Å². The monoisotopic (exact) mass is 225 g/mol. The molecule has 0 aliphatic carbocycles. The van der Waals surface area contributed by atoms with Gasteiger partial charge in [-0.2, -0.15) is 0 Å². The summed E-state index contributed by atoms with van der Waals surface area (Å²) in [6.07, 6.45) is 3.23. The molecular formula is C13H20ClN. The molecule has 15 heavy (non-hydrogen) atoms. The van der Waals surface area contributed by atoms with Crippen molar-refractivity contribution in [3.8, 4) is 0 Å². The third kappa shape index (κ3) is 3.84. The minimum atomic E-state index is 0.249. The Labute approximate surface area is 97.6 Å². The second kappa shape index (κ2) is 6.14. The fourth-order valence-corrected chi connectivity index (χ4v) is 2.21. The van der Waals surface area contributed by atoms with Gasteiger partial charge in [-0.15, -0.1) is 0 Å². The predicted octanol–water partition coefficient (Wildman–Crippen LogP) is 3.65. The predicted molar refractivity (Wildman–Crippen MR) is 67.2 cm³/mol. The lowest BCUT2D eigenvalue weighted by Crippen LogP contribution is -2.31. The highest BCUT2D eigenvalue weighted by atomic mass is 35.5. The van der Waals surface area contributed by atoms with Crippen LogP contribution in [0.3, 0.4) is 0 Å². The van der Waals surface area contributed by atoms with Crippen LogP contribution >= 0.6 is 11.6 Å². The first-order chi connectivity index (χ1) is 7.17. The zero-order chi connectivity index (χ0) is 11.3. The molecule has 1 aromatic carbocycles. The molecule has 1 atom stereocenters. The molecule has 2 N–H and O–H groups in total. The maximum atomic E-state index is 6.18. The summed E-state index contributed by atoms with van der Waals surface area (Å²) in [6.45, 7) is 4.40. The molecule has 0 saturated heterocycles. The zero-order valence-corrected chi connectivity index (χ0v) is 10.3. The van der Waals surface area contributed by atoms with Crippen LogP contribution in [-0.2, 0) is 6.42 Å². The quantitative estimate of drug-likeness (QED) is 0.814. The van der Waals surface area contributed by atoms with E-state index in [2.05, 4.69) is 19.9 Å². The largest absolute Gasteiger partial charge is 0.327 e. The number of rotatable bonds is 5. The number of nitrogens with two attached hydrogens (primary N) is 1. The molecule has 0 radical (unpaired) electrons. The van der Waals surface area contributed by atoms with Crippen molar-refractivity contribution in [1.29, 1.82) is 0 Å². The van der Waals surface area contributed by atoms with Crippen LogP contribution in [0.5, 0.6) is 0 Å². The fraction of sp³-hybridized carbons (Fsp3) is 0.538. The Morgan fingerprint density at radius 1 is 1.27 bits per heavy atom. The first kappa shape index (κ1) is 12.5. The lowest BCUT2D eigenvalue weighted by molar-refractivity contribution is 0.393. The maximum absolute atomic E-state index is 6.18. The summed E-state index contributed by atoms with van der Waals surface area (Å²) in [5.41, 5.74) is 7.42. The molecule has 1 aromatic rings. The normalized spacial score (nSPS) is 13.1. The number of halogens is 1. The van der Waals surface area contributed by atoms with Gasteiger partial charge in [0.15, 0.2) is 0 Å². The highest BCUT2D eigenvalue weighted by Crippen LogP contribution is 2.17. The molecule has 0 saturated carbocycles.